The van der Waals surface area contributed by atoms with Crippen LogP contribution in [0.4, 0.5) is 0 Å². The standard InChI is InChI=1S/C19H26N2O4/c1-14-3-4-15(18(23)24)9-16(14)10-20-17(22)11-21-7-2-5-19(12-21)6-8-25-13-19/h3-4,9H,2,5-8,10-13H2,1H3,(H,20,22)(H,23,24)/t19-/m0/s1. The highest BCUT2D eigenvalue weighted by Crippen LogP contribution is 2.37. The van der Waals surface area contributed by atoms with Gasteiger partial charge in [0, 0.05) is 25.1 Å². The van der Waals surface area contributed by atoms with Gasteiger partial charge in [-0.25, -0.2) is 4.79 Å². The number of piperidine rings is 1. The molecule has 0 aliphatic carbocycles. The van der Waals surface area contributed by atoms with E-state index in [4.69, 9.17) is 9.84 Å². The molecule has 0 saturated carbocycles. The van der Waals surface area contributed by atoms with Crippen LogP contribution in [0.2, 0.25) is 0 Å². The maximum atomic E-state index is 12.3. The highest BCUT2D eigenvalue weighted by Gasteiger charge is 2.39. The van der Waals surface area contributed by atoms with Crippen molar-refractivity contribution in [3.05, 3.63) is 34.9 Å². The third-order valence-corrected chi connectivity index (χ3v) is 5.36. The van der Waals surface area contributed by atoms with Gasteiger partial charge < -0.3 is 15.2 Å². The van der Waals surface area contributed by atoms with Crippen molar-refractivity contribution in [3.63, 3.8) is 0 Å². The Morgan fingerprint density at radius 3 is 2.92 bits per heavy atom. The molecule has 2 fully saturated rings. The minimum atomic E-state index is -0.954. The summed E-state index contributed by atoms with van der Waals surface area (Å²) in [5.74, 6) is -0.971. The number of carbonyl (C=O) groups excluding carboxylic acids is 1. The molecule has 2 heterocycles. The summed E-state index contributed by atoms with van der Waals surface area (Å²) in [6.45, 7) is 6.18. The van der Waals surface area contributed by atoms with Crippen LogP contribution in [0.15, 0.2) is 18.2 Å². The van der Waals surface area contributed by atoms with Crippen molar-refractivity contribution in [2.75, 3.05) is 32.8 Å². The van der Waals surface area contributed by atoms with Crippen LogP contribution in [0.25, 0.3) is 0 Å². The zero-order valence-corrected chi connectivity index (χ0v) is 14.7. The molecule has 1 aromatic carbocycles. The number of nitrogens with zero attached hydrogens (tertiary/aromatic N) is 1. The van der Waals surface area contributed by atoms with Gasteiger partial charge in [0.2, 0.25) is 5.91 Å². The van der Waals surface area contributed by atoms with Crippen LogP contribution in [0.5, 0.6) is 0 Å². The van der Waals surface area contributed by atoms with Gasteiger partial charge in [0.1, 0.15) is 0 Å². The highest BCUT2D eigenvalue weighted by atomic mass is 16.5. The molecular formula is C19H26N2O4. The van der Waals surface area contributed by atoms with E-state index in [9.17, 15) is 9.59 Å². The number of aryl methyl sites for hydroxylation is 1. The first kappa shape index (κ1) is 17.9. The Morgan fingerprint density at radius 2 is 2.20 bits per heavy atom. The molecule has 1 spiro atoms. The van der Waals surface area contributed by atoms with E-state index in [1.165, 1.54) is 6.42 Å². The summed E-state index contributed by atoms with van der Waals surface area (Å²) in [4.78, 5) is 25.6. The normalized spacial score (nSPS) is 23.7. The van der Waals surface area contributed by atoms with Gasteiger partial charge in [0.15, 0.2) is 0 Å². The molecule has 0 bridgehead atoms. The van der Waals surface area contributed by atoms with Crippen LogP contribution in [0.3, 0.4) is 0 Å². The van der Waals surface area contributed by atoms with Crippen molar-refractivity contribution < 1.29 is 19.4 Å². The quantitative estimate of drug-likeness (QED) is 0.850. The van der Waals surface area contributed by atoms with Crippen LogP contribution in [0, 0.1) is 12.3 Å². The van der Waals surface area contributed by atoms with E-state index in [1.54, 1.807) is 18.2 Å². The number of ether oxygens (including phenoxy) is 1. The number of carbonyl (C=O) groups is 2. The molecule has 6 nitrogen and oxygen atoms in total. The van der Waals surface area contributed by atoms with Crippen LogP contribution in [-0.2, 0) is 16.1 Å². The van der Waals surface area contributed by atoms with Crippen molar-refractivity contribution in [1.29, 1.82) is 0 Å². The molecule has 0 aromatic heterocycles. The van der Waals surface area contributed by atoms with Crippen LogP contribution < -0.4 is 5.32 Å². The summed E-state index contributed by atoms with van der Waals surface area (Å²) in [6, 6.07) is 4.99. The Morgan fingerprint density at radius 1 is 1.36 bits per heavy atom. The first-order valence-electron chi connectivity index (χ1n) is 8.87. The van der Waals surface area contributed by atoms with Gasteiger partial charge in [0.05, 0.1) is 18.7 Å². The molecule has 2 aliphatic heterocycles. The number of amides is 1. The molecule has 1 amide bonds. The van der Waals surface area contributed by atoms with Gasteiger partial charge in [-0.05, 0) is 56.0 Å². The molecule has 0 radical (unpaired) electrons. The number of likely N-dealkylation sites (tertiary alicyclic amines) is 1. The molecule has 25 heavy (non-hydrogen) atoms. The number of benzene rings is 1. The fourth-order valence-corrected chi connectivity index (χ4v) is 3.86. The zero-order chi connectivity index (χ0) is 17.9. The Labute approximate surface area is 148 Å². The first-order chi connectivity index (χ1) is 12.0. The minimum Gasteiger partial charge on any atom is -0.478 e. The maximum absolute atomic E-state index is 12.3. The lowest BCUT2D eigenvalue weighted by Gasteiger charge is -2.39. The Hall–Kier alpha value is -1.92. The summed E-state index contributed by atoms with van der Waals surface area (Å²) in [5.41, 5.74) is 2.30. The second kappa shape index (κ2) is 7.54. The van der Waals surface area contributed by atoms with Gasteiger partial charge in [-0.15, -0.1) is 0 Å². The van der Waals surface area contributed by atoms with Gasteiger partial charge in [0.25, 0.3) is 0 Å². The SMILES string of the molecule is Cc1ccc(C(=O)O)cc1CNC(=O)CN1CCC[C@]2(CCOC2)C1. The molecule has 1 atom stereocenters. The number of rotatable bonds is 5. The van der Waals surface area contributed by atoms with Crippen molar-refractivity contribution in [3.8, 4) is 0 Å². The Kier molecular flexibility index (Phi) is 5.39. The lowest BCUT2D eigenvalue weighted by molar-refractivity contribution is -0.123. The fourth-order valence-electron chi connectivity index (χ4n) is 3.86. The monoisotopic (exact) mass is 346 g/mol. The van der Waals surface area contributed by atoms with Crippen LogP contribution in [-0.4, -0.2) is 54.7 Å². The average Bonchev–Trinajstić information content (AvgIpc) is 3.01. The van der Waals surface area contributed by atoms with Gasteiger partial charge in [-0.2, -0.15) is 0 Å². The summed E-state index contributed by atoms with van der Waals surface area (Å²) in [5, 5.41) is 12.0. The number of nitrogens with one attached hydrogen (secondary N) is 1. The zero-order valence-electron chi connectivity index (χ0n) is 14.7. The van der Waals surface area contributed by atoms with Gasteiger partial charge >= 0.3 is 5.97 Å². The minimum absolute atomic E-state index is 0.0175. The number of hydrogen-bond acceptors (Lipinski definition) is 4. The van der Waals surface area contributed by atoms with E-state index in [0.29, 0.717) is 13.1 Å². The largest absolute Gasteiger partial charge is 0.478 e. The van der Waals surface area contributed by atoms with Crippen molar-refractivity contribution >= 4 is 11.9 Å². The molecule has 3 rings (SSSR count). The lowest BCUT2D eigenvalue weighted by Crippen LogP contribution is -2.47. The second-order valence-electron chi connectivity index (χ2n) is 7.34. The molecule has 6 heteroatoms. The Bertz CT molecular complexity index is 653. The van der Waals surface area contributed by atoms with Crippen molar-refractivity contribution in [1.82, 2.24) is 10.2 Å². The summed E-state index contributed by atoms with van der Waals surface area (Å²) in [6.07, 6.45) is 3.38. The summed E-state index contributed by atoms with van der Waals surface area (Å²) >= 11 is 0. The topological polar surface area (TPSA) is 78.9 Å². The maximum Gasteiger partial charge on any atom is 0.335 e. The number of carboxylic acid groups (broad SMARTS) is 1. The second-order valence-corrected chi connectivity index (χ2v) is 7.34. The summed E-state index contributed by atoms with van der Waals surface area (Å²) in [7, 11) is 0. The number of carboxylic acids is 1. The number of hydrogen-bond donors (Lipinski definition) is 2. The first-order valence-corrected chi connectivity index (χ1v) is 8.87. The highest BCUT2D eigenvalue weighted by molar-refractivity contribution is 5.88. The van der Waals surface area contributed by atoms with E-state index >= 15 is 0 Å². The summed E-state index contributed by atoms with van der Waals surface area (Å²) < 4.78 is 5.56. The lowest BCUT2D eigenvalue weighted by atomic mass is 9.79. The van der Waals surface area contributed by atoms with E-state index in [2.05, 4.69) is 10.2 Å². The van der Waals surface area contributed by atoms with Gasteiger partial charge in [-0.3, -0.25) is 9.69 Å². The fraction of sp³-hybridized carbons (Fsp3) is 0.579. The molecule has 2 aliphatic rings. The predicted molar refractivity (Wildman–Crippen MR) is 93.5 cm³/mol. The third-order valence-electron chi connectivity index (χ3n) is 5.36. The van der Waals surface area contributed by atoms with E-state index < -0.39 is 5.97 Å². The molecular weight excluding hydrogens is 320 g/mol. The molecule has 2 saturated heterocycles. The molecule has 2 N–H and O–H groups in total. The van der Waals surface area contributed by atoms with E-state index in [1.807, 2.05) is 6.92 Å². The molecule has 0 unspecified atom stereocenters. The molecule has 1 aromatic rings. The van der Waals surface area contributed by atoms with Crippen molar-refractivity contribution in [2.45, 2.75) is 32.7 Å². The Balaban J connectivity index is 1.53. The molecule has 136 valence electrons. The van der Waals surface area contributed by atoms with Crippen LogP contribution in [0.1, 0.15) is 40.7 Å². The number of aromatic carboxylic acids is 1. The van der Waals surface area contributed by atoms with E-state index in [-0.39, 0.29) is 16.9 Å². The predicted octanol–water partition coefficient (Wildman–Crippen LogP) is 1.81. The smallest absolute Gasteiger partial charge is 0.335 e. The van der Waals surface area contributed by atoms with E-state index in [0.717, 1.165) is 50.3 Å². The average molecular weight is 346 g/mol. The van der Waals surface area contributed by atoms with Crippen molar-refractivity contribution in [2.24, 2.45) is 5.41 Å². The third kappa shape index (κ3) is 4.38. The van der Waals surface area contributed by atoms with Gasteiger partial charge in [-0.1, -0.05) is 6.07 Å². The van der Waals surface area contributed by atoms with Crippen LogP contribution >= 0.6 is 0 Å².